The van der Waals surface area contributed by atoms with Crippen LogP contribution in [0, 0.1) is 17.8 Å². The van der Waals surface area contributed by atoms with Crippen LogP contribution in [0.4, 0.5) is 0 Å². The van der Waals surface area contributed by atoms with Crippen LogP contribution in [0.3, 0.4) is 0 Å². The molecule has 0 aromatic rings. The molecular weight excluding hydrogens is 212 g/mol. The van der Waals surface area contributed by atoms with Crippen molar-refractivity contribution in [2.45, 2.75) is 38.6 Å². The highest BCUT2D eigenvalue weighted by atomic mass is 16.3. The maximum Gasteiger partial charge on any atom is 0.0628 e. The molecule has 2 aliphatic rings. The maximum atomic E-state index is 9.75. The molecule has 2 fully saturated rings. The highest BCUT2D eigenvalue weighted by molar-refractivity contribution is 5.02. The van der Waals surface area contributed by atoms with Gasteiger partial charge in [0.25, 0.3) is 0 Å². The maximum absolute atomic E-state index is 9.75. The predicted octanol–water partition coefficient (Wildman–Crippen LogP) is 1.32. The summed E-state index contributed by atoms with van der Waals surface area (Å²) in [6.45, 7) is 8.39. The number of aliphatic hydroxyl groups is 1. The Balaban J connectivity index is 1.94. The number of hydrogen-bond donors (Lipinski definition) is 2. The monoisotopic (exact) mass is 240 g/mol. The lowest BCUT2D eigenvalue weighted by molar-refractivity contribution is 0.0617. The van der Waals surface area contributed by atoms with Gasteiger partial charge in [0, 0.05) is 13.1 Å². The van der Waals surface area contributed by atoms with Gasteiger partial charge >= 0.3 is 0 Å². The predicted molar refractivity (Wildman–Crippen MR) is 71.0 cm³/mol. The van der Waals surface area contributed by atoms with Crippen molar-refractivity contribution in [2.24, 2.45) is 17.8 Å². The molecule has 0 amide bonds. The van der Waals surface area contributed by atoms with E-state index in [0.29, 0.717) is 5.92 Å². The molecule has 3 atom stereocenters. The van der Waals surface area contributed by atoms with Crippen LogP contribution in [0.15, 0.2) is 0 Å². The minimum atomic E-state index is -0.0414. The van der Waals surface area contributed by atoms with Crippen LogP contribution in [-0.4, -0.2) is 48.8 Å². The second-order valence-corrected chi connectivity index (χ2v) is 6.32. The molecule has 0 radical (unpaired) electrons. The lowest BCUT2D eigenvalue weighted by Crippen LogP contribution is -2.58. The van der Waals surface area contributed by atoms with E-state index in [-0.39, 0.29) is 12.1 Å². The van der Waals surface area contributed by atoms with Gasteiger partial charge in [-0.15, -0.1) is 0 Å². The fourth-order valence-corrected chi connectivity index (χ4v) is 3.20. The van der Waals surface area contributed by atoms with Crippen LogP contribution in [-0.2, 0) is 0 Å². The number of nitrogens with one attached hydrogen (secondary N) is 1. The first-order valence-electron chi connectivity index (χ1n) is 7.13. The van der Waals surface area contributed by atoms with Gasteiger partial charge < -0.3 is 15.3 Å². The summed E-state index contributed by atoms with van der Waals surface area (Å²) in [7, 11) is 2.00. The standard InChI is InChI=1S/C14H28N2O/c1-11-6-7-16(8-12(11)2)9-14(10-17,15-3)13-4-5-13/h11-13,15,17H,4-10H2,1-3H3. The fourth-order valence-electron chi connectivity index (χ4n) is 3.20. The summed E-state index contributed by atoms with van der Waals surface area (Å²) < 4.78 is 0. The minimum absolute atomic E-state index is 0.0414. The summed E-state index contributed by atoms with van der Waals surface area (Å²) in [6.07, 6.45) is 3.86. The zero-order chi connectivity index (χ0) is 12.5. The van der Waals surface area contributed by atoms with Crippen LogP contribution in [0.25, 0.3) is 0 Å². The molecule has 0 spiro atoms. The summed E-state index contributed by atoms with van der Waals surface area (Å²) in [5.74, 6) is 2.33. The summed E-state index contributed by atoms with van der Waals surface area (Å²) in [4.78, 5) is 2.55. The molecule has 3 heteroatoms. The van der Waals surface area contributed by atoms with Gasteiger partial charge in [-0.3, -0.25) is 0 Å². The zero-order valence-corrected chi connectivity index (χ0v) is 11.6. The van der Waals surface area contributed by atoms with Crippen LogP contribution in [0.5, 0.6) is 0 Å². The lowest BCUT2D eigenvalue weighted by Gasteiger charge is -2.42. The van der Waals surface area contributed by atoms with E-state index in [1.54, 1.807) is 0 Å². The summed E-state index contributed by atoms with van der Waals surface area (Å²) in [5, 5.41) is 13.2. The zero-order valence-electron chi connectivity index (χ0n) is 11.6. The van der Waals surface area contributed by atoms with Crippen LogP contribution >= 0.6 is 0 Å². The van der Waals surface area contributed by atoms with E-state index in [1.807, 2.05) is 7.05 Å². The van der Waals surface area contributed by atoms with Crippen LogP contribution < -0.4 is 5.32 Å². The topological polar surface area (TPSA) is 35.5 Å². The average Bonchev–Trinajstić information content (AvgIpc) is 3.15. The van der Waals surface area contributed by atoms with E-state index in [4.69, 9.17) is 0 Å². The van der Waals surface area contributed by atoms with Crippen molar-refractivity contribution in [1.82, 2.24) is 10.2 Å². The number of likely N-dealkylation sites (tertiary alicyclic amines) is 1. The van der Waals surface area contributed by atoms with E-state index in [9.17, 15) is 5.11 Å². The molecule has 2 rings (SSSR count). The Kier molecular flexibility index (Phi) is 4.11. The van der Waals surface area contributed by atoms with Crippen molar-refractivity contribution in [3.05, 3.63) is 0 Å². The number of aliphatic hydroxyl groups excluding tert-OH is 1. The molecule has 3 unspecified atom stereocenters. The second-order valence-electron chi connectivity index (χ2n) is 6.32. The van der Waals surface area contributed by atoms with Crippen molar-refractivity contribution in [3.8, 4) is 0 Å². The van der Waals surface area contributed by atoms with Gasteiger partial charge in [0.05, 0.1) is 12.1 Å². The van der Waals surface area contributed by atoms with Gasteiger partial charge in [-0.05, 0) is 50.6 Å². The number of likely N-dealkylation sites (N-methyl/N-ethyl adjacent to an activating group) is 1. The van der Waals surface area contributed by atoms with E-state index in [0.717, 1.165) is 18.4 Å². The Morgan fingerprint density at radius 1 is 1.24 bits per heavy atom. The Hall–Kier alpha value is -0.120. The van der Waals surface area contributed by atoms with E-state index >= 15 is 0 Å². The highest BCUT2D eigenvalue weighted by Gasteiger charge is 2.45. The largest absolute Gasteiger partial charge is 0.394 e. The molecule has 0 bridgehead atoms. The first kappa shape index (κ1) is 13.3. The van der Waals surface area contributed by atoms with Crippen molar-refractivity contribution in [1.29, 1.82) is 0 Å². The van der Waals surface area contributed by atoms with Gasteiger partial charge in [0.2, 0.25) is 0 Å². The van der Waals surface area contributed by atoms with E-state index in [2.05, 4.69) is 24.1 Å². The molecule has 100 valence electrons. The van der Waals surface area contributed by atoms with Gasteiger partial charge in [0.1, 0.15) is 0 Å². The smallest absolute Gasteiger partial charge is 0.0628 e. The second kappa shape index (κ2) is 5.25. The quantitative estimate of drug-likeness (QED) is 0.761. The van der Waals surface area contributed by atoms with Crippen molar-refractivity contribution < 1.29 is 5.11 Å². The first-order chi connectivity index (χ1) is 8.11. The normalized spacial score (nSPS) is 34.6. The summed E-state index contributed by atoms with van der Waals surface area (Å²) in [5.41, 5.74) is -0.0414. The number of rotatable bonds is 5. The van der Waals surface area contributed by atoms with Crippen molar-refractivity contribution in [3.63, 3.8) is 0 Å². The Bertz CT molecular complexity index is 249. The van der Waals surface area contributed by atoms with E-state index < -0.39 is 0 Å². The fraction of sp³-hybridized carbons (Fsp3) is 1.00. The molecule has 1 saturated carbocycles. The summed E-state index contributed by atoms with van der Waals surface area (Å²) >= 11 is 0. The summed E-state index contributed by atoms with van der Waals surface area (Å²) in [6, 6.07) is 0. The number of nitrogens with zero attached hydrogens (tertiary/aromatic N) is 1. The van der Waals surface area contributed by atoms with Gasteiger partial charge in [-0.1, -0.05) is 13.8 Å². The number of hydrogen-bond acceptors (Lipinski definition) is 3. The molecule has 3 nitrogen and oxygen atoms in total. The lowest BCUT2D eigenvalue weighted by atomic mass is 9.86. The molecule has 0 aromatic heterocycles. The van der Waals surface area contributed by atoms with Gasteiger partial charge in [-0.2, -0.15) is 0 Å². The van der Waals surface area contributed by atoms with Gasteiger partial charge in [0.15, 0.2) is 0 Å². The molecule has 2 N–H and O–H groups in total. The molecule has 1 heterocycles. The molecule has 0 aromatic carbocycles. The van der Waals surface area contributed by atoms with Crippen LogP contribution in [0.1, 0.15) is 33.1 Å². The molecule has 1 aliphatic carbocycles. The molecule has 17 heavy (non-hydrogen) atoms. The average molecular weight is 240 g/mol. The molecule has 1 aliphatic heterocycles. The Labute approximate surface area is 106 Å². The third-order valence-electron chi connectivity index (χ3n) is 5.06. The minimum Gasteiger partial charge on any atom is -0.394 e. The number of piperidine rings is 1. The van der Waals surface area contributed by atoms with Crippen molar-refractivity contribution >= 4 is 0 Å². The highest BCUT2D eigenvalue weighted by Crippen LogP contribution is 2.40. The van der Waals surface area contributed by atoms with Gasteiger partial charge in [-0.25, -0.2) is 0 Å². The van der Waals surface area contributed by atoms with Crippen LogP contribution in [0.2, 0.25) is 0 Å². The third kappa shape index (κ3) is 2.83. The first-order valence-corrected chi connectivity index (χ1v) is 7.13. The molecular formula is C14H28N2O. The Morgan fingerprint density at radius 2 is 1.94 bits per heavy atom. The van der Waals surface area contributed by atoms with E-state index in [1.165, 1.54) is 32.4 Å². The Morgan fingerprint density at radius 3 is 2.41 bits per heavy atom. The van der Waals surface area contributed by atoms with Crippen molar-refractivity contribution in [2.75, 3.05) is 33.3 Å². The SMILES string of the molecule is CNC(CO)(CN1CCC(C)C(C)C1)C1CC1. The third-order valence-corrected chi connectivity index (χ3v) is 5.06. The molecule has 1 saturated heterocycles.